The Hall–Kier alpha value is -2.43. The predicted molar refractivity (Wildman–Crippen MR) is 100 cm³/mol. The molecule has 130 valence electrons. The molecule has 0 bridgehead atoms. The molecule has 4 heteroatoms. The van der Waals surface area contributed by atoms with Crippen LogP contribution in [0.25, 0.3) is 0 Å². The fourth-order valence-electron chi connectivity index (χ4n) is 2.92. The van der Waals surface area contributed by atoms with Crippen molar-refractivity contribution in [2.75, 3.05) is 20.2 Å². The first kappa shape index (κ1) is 17.4. The monoisotopic (exact) mass is 335 g/mol. The Kier molecular flexibility index (Phi) is 5.99. The highest BCUT2D eigenvalue weighted by Crippen LogP contribution is 2.25. The molecule has 0 aliphatic rings. The van der Waals surface area contributed by atoms with E-state index in [1.165, 1.54) is 5.56 Å². The second-order valence-electron chi connectivity index (χ2n) is 6.26. The van der Waals surface area contributed by atoms with Gasteiger partial charge in [0.1, 0.15) is 6.10 Å². The molecule has 0 spiro atoms. The molecule has 0 radical (unpaired) electrons. The van der Waals surface area contributed by atoms with Crippen LogP contribution in [0.4, 0.5) is 0 Å². The molecule has 0 fully saturated rings. The van der Waals surface area contributed by atoms with Gasteiger partial charge >= 0.3 is 0 Å². The molecule has 1 aromatic heterocycles. The van der Waals surface area contributed by atoms with Crippen LogP contribution < -0.4 is 0 Å². The first-order chi connectivity index (χ1) is 12.2. The molecule has 1 heterocycles. The van der Waals surface area contributed by atoms with E-state index >= 15 is 0 Å². The van der Waals surface area contributed by atoms with Crippen LogP contribution in [0.1, 0.15) is 22.9 Å². The molecule has 1 atom stereocenters. The van der Waals surface area contributed by atoms with Gasteiger partial charge in [0.15, 0.2) is 0 Å². The Bertz CT molecular complexity index is 755. The summed E-state index contributed by atoms with van der Waals surface area (Å²) in [5.41, 5.74) is 3.53. The molecule has 0 saturated carbocycles. The van der Waals surface area contributed by atoms with E-state index in [0.29, 0.717) is 6.61 Å². The quantitative estimate of drug-likeness (QED) is 0.629. The van der Waals surface area contributed by atoms with Crippen molar-refractivity contribution in [2.45, 2.75) is 12.6 Å². The minimum Gasteiger partial charge on any atom is -0.366 e. The zero-order valence-corrected chi connectivity index (χ0v) is 14.9. The van der Waals surface area contributed by atoms with Crippen molar-refractivity contribution in [3.05, 3.63) is 89.7 Å². The molecule has 3 rings (SSSR count). The lowest BCUT2D eigenvalue weighted by molar-refractivity contribution is 0.0589. The van der Waals surface area contributed by atoms with E-state index in [1.54, 1.807) is 0 Å². The number of hydrogen-bond donors (Lipinski definition) is 0. The van der Waals surface area contributed by atoms with Crippen LogP contribution in [0.3, 0.4) is 0 Å². The number of hydrogen-bond acceptors (Lipinski definition) is 3. The lowest BCUT2D eigenvalue weighted by Crippen LogP contribution is -2.24. The molecule has 0 aliphatic heterocycles. The summed E-state index contributed by atoms with van der Waals surface area (Å²) < 4.78 is 8.14. The molecule has 4 nitrogen and oxygen atoms in total. The highest BCUT2D eigenvalue weighted by molar-refractivity contribution is 5.25. The molecule has 0 amide bonds. The van der Waals surface area contributed by atoms with Crippen LogP contribution in [0, 0.1) is 0 Å². The molecule has 25 heavy (non-hydrogen) atoms. The third kappa shape index (κ3) is 4.78. The van der Waals surface area contributed by atoms with Crippen LogP contribution in [-0.2, 0) is 18.3 Å². The van der Waals surface area contributed by atoms with Gasteiger partial charge < -0.3 is 4.74 Å². The average Bonchev–Trinajstić information content (AvgIpc) is 3.06. The van der Waals surface area contributed by atoms with E-state index in [4.69, 9.17) is 4.74 Å². The predicted octanol–water partition coefficient (Wildman–Crippen LogP) is 3.66. The van der Waals surface area contributed by atoms with Crippen LogP contribution in [0.2, 0.25) is 0 Å². The van der Waals surface area contributed by atoms with E-state index in [0.717, 1.165) is 24.3 Å². The van der Waals surface area contributed by atoms with Gasteiger partial charge in [-0.1, -0.05) is 60.7 Å². The minimum atomic E-state index is -0.0983. The van der Waals surface area contributed by atoms with Gasteiger partial charge in [-0.3, -0.25) is 9.58 Å². The second-order valence-corrected chi connectivity index (χ2v) is 6.26. The highest BCUT2D eigenvalue weighted by atomic mass is 16.5. The van der Waals surface area contributed by atoms with Gasteiger partial charge in [0, 0.05) is 26.3 Å². The number of benzene rings is 2. The van der Waals surface area contributed by atoms with Crippen molar-refractivity contribution in [3.8, 4) is 0 Å². The van der Waals surface area contributed by atoms with Gasteiger partial charge in [-0.25, -0.2) is 0 Å². The van der Waals surface area contributed by atoms with Crippen molar-refractivity contribution in [2.24, 2.45) is 7.05 Å². The number of likely N-dealkylation sites (N-methyl/N-ethyl adjacent to an activating group) is 1. The Labute approximate surface area is 149 Å². The first-order valence-electron chi connectivity index (χ1n) is 8.61. The van der Waals surface area contributed by atoms with Crippen LogP contribution in [-0.4, -0.2) is 34.9 Å². The van der Waals surface area contributed by atoms with Crippen molar-refractivity contribution in [3.63, 3.8) is 0 Å². The molecule has 0 saturated heterocycles. The van der Waals surface area contributed by atoms with Gasteiger partial charge in [-0.2, -0.15) is 5.10 Å². The summed E-state index contributed by atoms with van der Waals surface area (Å²) in [5.74, 6) is 0. The summed E-state index contributed by atoms with van der Waals surface area (Å²) in [5, 5.41) is 4.29. The summed E-state index contributed by atoms with van der Waals surface area (Å²) >= 11 is 0. The number of aryl methyl sites for hydroxylation is 1. The maximum Gasteiger partial charge on any atom is 0.124 e. The molecule has 2 aromatic carbocycles. The van der Waals surface area contributed by atoms with Gasteiger partial charge in [0.2, 0.25) is 0 Å². The standard InChI is InChI=1S/C21H25N3O/c1-23(17-18-9-5-3-6-10-18)15-16-25-21(19-11-7-4-8-12-19)20-13-14-22-24(20)2/h3-14,21H,15-17H2,1-2H3/t21-/m1/s1. The average molecular weight is 335 g/mol. The highest BCUT2D eigenvalue weighted by Gasteiger charge is 2.18. The van der Waals surface area contributed by atoms with Crippen LogP contribution in [0.15, 0.2) is 72.9 Å². The molecular formula is C21H25N3O. The Morgan fingerprint density at radius 3 is 2.32 bits per heavy atom. The van der Waals surface area contributed by atoms with Crippen LogP contribution in [0.5, 0.6) is 0 Å². The fraction of sp³-hybridized carbons (Fsp3) is 0.286. The number of ether oxygens (including phenoxy) is 1. The summed E-state index contributed by atoms with van der Waals surface area (Å²) in [6, 6.07) is 22.8. The molecule has 3 aromatic rings. The van der Waals surface area contributed by atoms with Crippen LogP contribution >= 0.6 is 0 Å². The van der Waals surface area contributed by atoms with Gasteiger partial charge in [-0.05, 0) is 24.2 Å². The van der Waals surface area contributed by atoms with Gasteiger partial charge in [0.25, 0.3) is 0 Å². The minimum absolute atomic E-state index is 0.0983. The van der Waals surface area contributed by atoms with E-state index < -0.39 is 0 Å². The third-order valence-corrected chi connectivity index (χ3v) is 4.28. The summed E-state index contributed by atoms with van der Waals surface area (Å²) in [6.45, 7) is 2.45. The normalized spacial score (nSPS) is 12.4. The smallest absolute Gasteiger partial charge is 0.124 e. The zero-order valence-electron chi connectivity index (χ0n) is 14.9. The lowest BCUT2D eigenvalue weighted by Gasteiger charge is -2.22. The maximum atomic E-state index is 6.26. The summed E-state index contributed by atoms with van der Waals surface area (Å²) in [7, 11) is 4.08. The fourth-order valence-corrected chi connectivity index (χ4v) is 2.92. The van der Waals surface area contributed by atoms with E-state index in [9.17, 15) is 0 Å². The first-order valence-corrected chi connectivity index (χ1v) is 8.61. The zero-order chi connectivity index (χ0) is 17.5. The van der Waals surface area contributed by atoms with E-state index in [1.807, 2.05) is 48.3 Å². The summed E-state index contributed by atoms with van der Waals surface area (Å²) in [6.07, 6.45) is 1.72. The van der Waals surface area contributed by atoms with Crippen molar-refractivity contribution in [1.29, 1.82) is 0 Å². The largest absolute Gasteiger partial charge is 0.366 e. The van der Waals surface area contributed by atoms with Gasteiger partial charge in [-0.15, -0.1) is 0 Å². The van der Waals surface area contributed by atoms with Crippen molar-refractivity contribution in [1.82, 2.24) is 14.7 Å². The molecule has 0 aliphatic carbocycles. The van der Waals surface area contributed by atoms with Gasteiger partial charge in [0.05, 0.1) is 12.3 Å². The number of aromatic nitrogens is 2. The number of rotatable bonds is 8. The number of nitrogens with zero attached hydrogens (tertiary/aromatic N) is 3. The second kappa shape index (κ2) is 8.60. The SMILES string of the molecule is CN(CCO[C@H](c1ccccc1)c1ccnn1C)Cc1ccccc1. The van der Waals surface area contributed by atoms with E-state index in [-0.39, 0.29) is 6.10 Å². The summed E-state index contributed by atoms with van der Waals surface area (Å²) in [4.78, 5) is 2.28. The molecule has 0 unspecified atom stereocenters. The van der Waals surface area contributed by atoms with E-state index in [2.05, 4.69) is 53.4 Å². The van der Waals surface area contributed by atoms with Crippen molar-refractivity contribution >= 4 is 0 Å². The molecule has 0 N–H and O–H groups in total. The lowest BCUT2D eigenvalue weighted by atomic mass is 10.1. The molecular weight excluding hydrogens is 310 g/mol. The Morgan fingerprint density at radius 2 is 1.68 bits per heavy atom. The Morgan fingerprint density at radius 1 is 1.00 bits per heavy atom. The third-order valence-electron chi connectivity index (χ3n) is 4.28. The van der Waals surface area contributed by atoms with Crippen molar-refractivity contribution < 1.29 is 4.74 Å². The topological polar surface area (TPSA) is 30.3 Å². The maximum absolute atomic E-state index is 6.26. The Balaban J connectivity index is 1.61.